The molecule has 1 atom stereocenters. The highest BCUT2D eigenvalue weighted by molar-refractivity contribution is 5.55. The lowest BCUT2D eigenvalue weighted by atomic mass is 10.0. The first-order valence-corrected chi connectivity index (χ1v) is 7.71. The van der Waals surface area contributed by atoms with Crippen LogP contribution in [0, 0.1) is 0 Å². The summed E-state index contributed by atoms with van der Waals surface area (Å²) in [7, 11) is 0. The molecule has 2 aromatic carbocycles. The van der Waals surface area contributed by atoms with E-state index in [0.717, 1.165) is 24.2 Å². The molecule has 112 valence electrons. The third-order valence-electron chi connectivity index (χ3n) is 3.81. The second kappa shape index (κ2) is 7.28. The fraction of sp³-hybridized carbons (Fsp3) is 0.368. The summed E-state index contributed by atoms with van der Waals surface area (Å²) in [5, 5.41) is 10.3. The minimum absolute atomic E-state index is 0.371. The Morgan fingerprint density at radius 2 is 1.57 bits per heavy atom. The smallest absolute Gasteiger partial charge is 0.0807 e. The van der Waals surface area contributed by atoms with E-state index in [4.69, 9.17) is 0 Å². The Hall–Kier alpha value is -1.80. The first-order chi connectivity index (χ1) is 10.1. The quantitative estimate of drug-likeness (QED) is 0.841. The van der Waals surface area contributed by atoms with Gasteiger partial charge in [-0.05, 0) is 31.9 Å². The number of aliphatic hydroxyl groups is 1. The zero-order valence-electron chi connectivity index (χ0n) is 13.2. The van der Waals surface area contributed by atoms with E-state index in [1.807, 2.05) is 31.2 Å². The first kappa shape index (κ1) is 15.6. The van der Waals surface area contributed by atoms with Crippen LogP contribution in [0.3, 0.4) is 0 Å². The molecule has 0 aliphatic heterocycles. The van der Waals surface area contributed by atoms with Crippen molar-refractivity contribution in [2.75, 3.05) is 4.90 Å². The van der Waals surface area contributed by atoms with Gasteiger partial charge in [0.15, 0.2) is 0 Å². The van der Waals surface area contributed by atoms with Gasteiger partial charge >= 0.3 is 0 Å². The number of hydrogen-bond donors (Lipinski definition) is 1. The second-order valence-electron chi connectivity index (χ2n) is 5.69. The maximum atomic E-state index is 10.3. The van der Waals surface area contributed by atoms with Gasteiger partial charge < -0.3 is 10.0 Å². The van der Waals surface area contributed by atoms with E-state index in [1.165, 1.54) is 5.56 Å². The number of anilines is 1. The van der Waals surface area contributed by atoms with Crippen molar-refractivity contribution in [2.45, 2.75) is 45.9 Å². The molecule has 0 aromatic heterocycles. The predicted octanol–water partition coefficient (Wildman–Crippen LogP) is 4.55. The van der Waals surface area contributed by atoms with Gasteiger partial charge in [0, 0.05) is 23.8 Å². The van der Waals surface area contributed by atoms with Gasteiger partial charge in [-0.15, -0.1) is 0 Å². The molecule has 21 heavy (non-hydrogen) atoms. The minimum Gasteiger partial charge on any atom is -0.388 e. The summed E-state index contributed by atoms with van der Waals surface area (Å²) in [6.45, 7) is 7.25. The molecule has 0 aliphatic carbocycles. The molecule has 2 aromatic rings. The van der Waals surface area contributed by atoms with Gasteiger partial charge in [0.05, 0.1) is 6.10 Å². The molecule has 1 N–H and O–H groups in total. The highest BCUT2D eigenvalue weighted by Gasteiger charge is 2.18. The molecule has 2 heteroatoms. The lowest BCUT2D eigenvalue weighted by Crippen LogP contribution is -2.31. The van der Waals surface area contributed by atoms with Crippen LogP contribution in [-0.4, -0.2) is 11.1 Å². The van der Waals surface area contributed by atoms with E-state index in [9.17, 15) is 5.11 Å². The molecular weight excluding hydrogens is 258 g/mol. The molecule has 0 fully saturated rings. The standard InChI is InChI=1S/C19H25NO/c1-4-19(21)17-12-8-9-13-18(17)20(15(2)3)14-16-10-6-5-7-11-16/h5-13,15,19,21H,4,14H2,1-3H3/t19-/m0/s1. The molecule has 0 radical (unpaired) electrons. The number of benzene rings is 2. The largest absolute Gasteiger partial charge is 0.388 e. The summed E-state index contributed by atoms with van der Waals surface area (Å²) < 4.78 is 0. The Morgan fingerprint density at radius 3 is 2.19 bits per heavy atom. The van der Waals surface area contributed by atoms with Crippen LogP contribution >= 0.6 is 0 Å². The van der Waals surface area contributed by atoms with Crippen molar-refractivity contribution in [1.82, 2.24) is 0 Å². The van der Waals surface area contributed by atoms with E-state index in [0.29, 0.717) is 6.04 Å². The first-order valence-electron chi connectivity index (χ1n) is 7.71. The Morgan fingerprint density at radius 1 is 0.952 bits per heavy atom. The van der Waals surface area contributed by atoms with Crippen molar-refractivity contribution in [3.8, 4) is 0 Å². The molecule has 2 rings (SSSR count). The Labute approximate surface area is 128 Å². The fourth-order valence-corrected chi connectivity index (χ4v) is 2.58. The predicted molar refractivity (Wildman–Crippen MR) is 89.5 cm³/mol. The monoisotopic (exact) mass is 283 g/mol. The molecule has 0 heterocycles. The van der Waals surface area contributed by atoms with Crippen molar-refractivity contribution in [1.29, 1.82) is 0 Å². The SMILES string of the molecule is CC[C@H](O)c1ccccc1N(Cc1ccccc1)C(C)C. The fourth-order valence-electron chi connectivity index (χ4n) is 2.58. The molecule has 0 spiro atoms. The van der Waals surface area contributed by atoms with Crippen LogP contribution < -0.4 is 4.90 Å². The van der Waals surface area contributed by atoms with Gasteiger partial charge in [0.1, 0.15) is 0 Å². The Kier molecular flexibility index (Phi) is 5.40. The van der Waals surface area contributed by atoms with Gasteiger partial charge in [0.25, 0.3) is 0 Å². The van der Waals surface area contributed by atoms with E-state index >= 15 is 0 Å². The maximum absolute atomic E-state index is 10.3. The van der Waals surface area contributed by atoms with Gasteiger partial charge in [-0.3, -0.25) is 0 Å². The molecular formula is C19H25NO. The Balaban J connectivity index is 2.35. The minimum atomic E-state index is -0.404. The van der Waals surface area contributed by atoms with Crippen molar-refractivity contribution in [3.63, 3.8) is 0 Å². The molecule has 0 saturated heterocycles. The summed E-state index contributed by atoms with van der Waals surface area (Å²) in [4.78, 5) is 2.35. The second-order valence-corrected chi connectivity index (χ2v) is 5.69. The highest BCUT2D eigenvalue weighted by atomic mass is 16.3. The third-order valence-corrected chi connectivity index (χ3v) is 3.81. The topological polar surface area (TPSA) is 23.5 Å². The van der Waals surface area contributed by atoms with Crippen LogP contribution in [0.2, 0.25) is 0 Å². The van der Waals surface area contributed by atoms with Crippen LogP contribution in [0.1, 0.15) is 44.4 Å². The van der Waals surface area contributed by atoms with E-state index < -0.39 is 6.10 Å². The van der Waals surface area contributed by atoms with Gasteiger partial charge in [0.2, 0.25) is 0 Å². The number of rotatable bonds is 6. The lowest BCUT2D eigenvalue weighted by Gasteiger charge is -2.32. The molecule has 0 aliphatic rings. The molecule has 0 amide bonds. The van der Waals surface area contributed by atoms with E-state index in [2.05, 4.69) is 49.1 Å². The van der Waals surface area contributed by atoms with Crippen LogP contribution in [0.4, 0.5) is 5.69 Å². The van der Waals surface area contributed by atoms with Gasteiger partial charge in [-0.1, -0.05) is 55.5 Å². The normalized spacial score (nSPS) is 12.4. The highest BCUT2D eigenvalue weighted by Crippen LogP contribution is 2.30. The zero-order chi connectivity index (χ0) is 15.2. The molecule has 0 bridgehead atoms. The average molecular weight is 283 g/mol. The number of para-hydroxylation sites is 1. The summed E-state index contributed by atoms with van der Waals surface area (Å²) >= 11 is 0. The summed E-state index contributed by atoms with van der Waals surface area (Å²) in [6, 6.07) is 19.0. The van der Waals surface area contributed by atoms with E-state index in [1.54, 1.807) is 0 Å². The van der Waals surface area contributed by atoms with Crippen molar-refractivity contribution in [3.05, 3.63) is 65.7 Å². The number of aliphatic hydroxyl groups excluding tert-OH is 1. The van der Waals surface area contributed by atoms with Crippen molar-refractivity contribution >= 4 is 5.69 Å². The summed E-state index contributed by atoms with van der Waals surface area (Å²) in [5.41, 5.74) is 3.43. The van der Waals surface area contributed by atoms with Gasteiger partial charge in [-0.2, -0.15) is 0 Å². The number of hydrogen-bond acceptors (Lipinski definition) is 2. The van der Waals surface area contributed by atoms with Gasteiger partial charge in [-0.25, -0.2) is 0 Å². The van der Waals surface area contributed by atoms with Crippen LogP contribution in [0.5, 0.6) is 0 Å². The van der Waals surface area contributed by atoms with Crippen molar-refractivity contribution in [2.24, 2.45) is 0 Å². The zero-order valence-corrected chi connectivity index (χ0v) is 13.2. The average Bonchev–Trinajstić information content (AvgIpc) is 2.52. The third kappa shape index (κ3) is 3.85. The van der Waals surface area contributed by atoms with E-state index in [-0.39, 0.29) is 0 Å². The summed E-state index contributed by atoms with van der Waals surface area (Å²) in [5.74, 6) is 0. The molecule has 0 unspecified atom stereocenters. The maximum Gasteiger partial charge on any atom is 0.0807 e. The van der Waals surface area contributed by atoms with Crippen LogP contribution in [0.25, 0.3) is 0 Å². The van der Waals surface area contributed by atoms with Crippen LogP contribution in [0.15, 0.2) is 54.6 Å². The van der Waals surface area contributed by atoms with Crippen LogP contribution in [-0.2, 0) is 6.54 Å². The molecule has 0 saturated carbocycles. The van der Waals surface area contributed by atoms with Crippen molar-refractivity contribution < 1.29 is 5.11 Å². The molecule has 2 nitrogen and oxygen atoms in total. The lowest BCUT2D eigenvalue weighted by molar-refractivity contribution is 0.174. The number of nitrogens with zero attached hydrogens (tertiary/aromatic N) is 1. The summed E-state index contributed by atoms with van der Waals surface area (Å²) in [6.07, 6.45) is 0.326. The Bertz CT molecular complexity index is 551.